The van der Waals surface area contributed by atoms with Crippen molar-refractivity contribution in [3.63, 3.8) is 0 Å². The molecule has 0 unspecified atom stereocenters. The predicted molar refractivity (Wildman–Crippen MR) is 59.7 cm³/mol. The van der Waals surface area contributed by atoms with Crippen LogP contribution < -0.4 is 5.32 Å². The van der Waals surface area contributed by atoms with Crippen LogP contribution in [0.2, 0.25) is 0 Å². The van der Waals surface area contributed by atoms with Crippen molar-refractivity contribution in [2.45, 2.75) is 13.5 Å². The standard InChI is InChI=1S/C11H14N2O2/c1-3-7-12-8-10-5-4-6-11(9(10)2)13(14)15/h3-6,12H,1,7-8H2,2H3. The summed E-state index contributed by atoms with van der Waals surface area (Å²) in [5, 5.41) is 13.8. The number of nitro groups is 1. The molecule has 0 saturated heterocycles. The molecule has 0 fully saturated rings. The zero-order valence-corrected chi connectivity index (χ0v) is 8.69. The Morgan fingerprint density at radius 3 is 2.93 bits per heavy atom. The van der Waals surface area contributed by atoms with Gasteiger partial charge in [0.15, 0.2) is 0 Å². The van der Waals surface area contributed by atoms with Crippen molar-refractivity contribution in [1.82, 2.24) is 5.32 Å². The molecule has 0 aromatic heterocycles. The molecule has 0 atom stereocenters. The Bertz CT molecular complexity index is 375. The Labute approximate surface area is 88.8 Å². The van der Waals surface area contributed by atoms with Gasteiger partial charge in [0.25, 0.3) is 5.69 Å². The van der Waals surface area contributed by atoms with Crippen molar-refractivity contribution in [1.29, 1.82) is 0 Å². The summed E-state index contributed by atoms with van der Waals surface area (Å²) in [6, 6.07) is 5.11. The van der Waals surface area contributed by atoms with Gasteiger partial charge >= 0.3 is 0 Å². The van der Waals surface area contributed by atoms with E-state index < -0.39 is 0 Å². The maximum Gasteiger partial charge on any atom is 0.272 e. The maximum atomic E-state index is 10.7. The lowest BCUT2D eigenvalue weighted by Gasteiger charge is -2.06. The highest BCUT2D eigenvalue weighted by molar-refractivity contribution is 5.44. The average molecular weight is 206 g/mol. The summed E-state index contributed by atoms with van der Waals surface area (Å²) in [7, 11) is 0. The van der Waals surface area contributed by atoms with Crippen molar-refractivity contribution in [2.24, 2.45) is 0 Å². The van der Waals surface area contributed by atoms with Crippen LogP contribution in [-0.4, -0.2) is 11.5 Å². The summed E-state index contributed by atoms with van der Waals surface area (Å²) in [6.07, 6.45) is 1.76. The van der Waals surface area contributed by atoms with Gasteiger partial charge in [0.2, 0.25) is 0 Å². The molecule has 15 heavy (non-hydrogen) atoms. The fourth-order valence-electron chi connectivity index (χ4n) is 1.37. The average Bonchev–Trinajstić information content (AvgIpc) is 2.20. The van der Waals surface area contributed by atoms with Gasteiger partial charge in [-0.15, -0.1) is 6.58 Å². The highest BCUT2D eigenvalue weighted by atomic mass is 16.6. The number of benzene rings is 1. The summed E-state index contributed by atoms with van der Waals surface area (Å²) in [6.45, 7) is 6.68. The first-order valence-electron chi connectivity index (χ1n) is 4.71. The second kappa shape index (κ2) is 5.26. The smallest absolute Gasteiger partial charge is 0.272 e. The van der Waals surface area contributed by atoms with Crippen molar-refractivity contribution >= 4 is 5.69 Å². The monoisotopic (exact) mass is 206 g/mol. The Kier molecular flexibility index (Phi) is 4.00. The van der Waals surface area contributed by atoms with Crippen LogP contribution in [0, 0.1) is 17.0 Å². The molecule has 0 radical (unpaired) electrons. The van der Waals surface area contributed by atoms with Gasteiger partial charge in [-0.3, -0.25) is 10.1 Å². The van der Waals surface area contributed by atoms with Crippen LogP contribution in [0.4, 0.5) is 5.69 Å². The second-order valence-corrected chi connectivity index (χ2v) is 3.24. The zero-order chi connectivity index (χ0) is 11.3. The zero-order valence-electron chi connectivity index (χ0n) is 8.69. The van der Waals surface area contributed by atoms with E-state index in [0.717, 1.165) is 11.1 Å². The van der Waals surface area contributed by atoms with Crippen molar-refractivity contribution < 1.29 is 4.92 Å². The quantitative estimate of drug-likeness (QED) is 0.347. The fraction of sp³-hybridized carbons (Fsp3) is 0.273. The highest BCUT2D eigenvalue weighted by Gasteiger charge is 2.12. The molecule has 0 heterocycles. The van der Waals surface area contributed by atoms with E-state index in [9.17, 15) is 10.1 Å². The molecule has 0 bridgehead atoms. The molecule has 1 aromatic rings. The molecule has 1 rings (SSSR count). The van der Waals surface area contributed by atoms with E-state index >= 15 is 0 Å². The minimum Gasteiger partial charge on any atom is -0.309 e. The minimum absolute atomic E-state index is 0.174. The maximum absolute atomic E-state index is 10.7. The fourth-order valence-corrected chi connectivity index (χ4v) is 1.37. The predicted octanol–water partition coefficient (Wildman–Crippen LogP) is 2.18. The normalized spacial score (nSPS) is 9.93. The number of hydrogen-bond donors (Lipinski definition) is 1. The van der Waals surface area contributed by atoms with Gasteiger partial charge in [-0.1, -0.05) is 18.2 Å². The summed E-state index contributed by atoms with van der Waals surface area (Å²) < 4.78 is 0. The van der Waals surface area contributed by atoms with Crippen molar-refractivity contribution in [3.05, 3.63) is 52.1 Å². The molecule has 1 aromatic carbocycles. The molecule has 0 aliphatic carbocycles. The van der Waals surface area contributed by atoms with Crippen LogP contribution in [-0.2, 0) is 6.54 Å². The summed E-state index contributed by atoms with van der Waals surface area (Å²) in [5.41, 5.74) is 1.85. The SMILES string of the molecule is C=CCNCc1cccc([N+](=O)[O-])c1C. The van der Waals surface area contributed by atoms with Crippen LogP contribution in [0.3, 0.4) is 0 Å². The molecular formula is C11H14N2O2. The largest absolute Gasteiger partial charge is 0.309 e. The second-order valence-electron chi connectivity index (χ2n) is 3.24. The van der Waals surface area contributed by atoms with Gasteiger partial charge in [0.1, 0.15) is 0 Å². The Morgan fingerprint density at radius 1 is 1.60 bits per heavy atom. The molecule has 0 aliphatic rings. The number of nitrogens with zero attached hydrogens (tertiary/aromatic N) is 1. The third-order valence-electron chi connectivity index (χ3n) is 2.22. The van der Waals surface area contributed by atoms with Crippen LogP contribution in [0.25, 0.3) is 0 Å². The molecular weight excluding hydrogens is 192 g/mol. The molecule has 80 valence electrons. The Hall–Kier alpha value is -1.68. The third kappa shape index (κ3) is 2.89. The van der Waals surface area contributed by atoms with Gasteiger partial charge < -0.3 is 5.32 Å². The summed E-state index contributed by atoms with van der Waals surface area (Å²) >= 11 is 0. The summed E-state index contributed by atoms with van der Waals surface area (Å²) in [5.74, 6) is 0. The minimum atomic E-state index is -0.355. The lowest BCUT2D eigenvalue weighted by molar-refractivity contribution is -0.385. The van der Waals surface area contributed by atoms with Gasteiger partial charge in [0.05, 0.1) is 4.92 Å². The van der Waals surface area contributed by atoms with Crippen LogP contribution in [0.15, 0.2) is 30.9 Å². The number of hydrogen-bond acceptors (Lipinski definition) is 3. The molecule has 4 heteroatoms. The Balaban J connectivity index is 2.84. The van der Waals surface area contributed by atoms with Gasteiger partial charge in [-0.25, -0.2) is 0 Å². The van der Waals surface area contributed by atoms with Crippen molar-refractivity contribution in [3.8, 4) is 0 Å². The van der Waals surface area contributed by atoms with E-state index in [1.807, 2.05) is 6.07 Å². The first-order valence-corrected chi connectivity index (χ1v) is 4.71. The molecule has 0 amide bonds. The number of rotatable bonds is 5. The molecule has 0 spiro atoms. The highest BCUT2D eigenvalue weighted by Crippen LogP contribution is 2.20. The van der Waals surface area contributed by atoms with Gasteiger partial charge in [0, 0.05) is 24.7 Å². The lowest BCUT2D eigenvalue weighted by atomic mass is 10.1. The molecule has 4 nitrogen and oxygen atoms in total. The van der Waals surface area contributed by atoms with E-state index in [1.54, 1.807) is 19.1 Å². The van der Waals surface area contributed by atoms with Crippen LogP contribution in [0.1, 0.15) is 11.1 Å². The molecule has 0 saturated carbocycles. The van der Waals surface area contributed by atoms with E-state index in [-0.39, 0.29) is 10.6 Å². The number of nitro benzene ring substituents is 1. The summed E-state index contributed by atoms with van der Waals surface area (Å²) in [4.78, 5) is 10.3. The van der Waals surface area contributed by atoms with Crippen LogP contribution >= 0.6 is 0 Å². The van der Waals surface area contributed by atoms with Crippen LogP contribution in [0.5, 0.6) is 0 Å². The topological polar surface area (TPSA) is 55.2 Å². The van der Waals surface area contributed by atoms with E-state index in [1.165, 1.54) is 6.07 Å². The van der Waals surface area contributed by atoms with E-state index in [0.29, 0.717) is 13.1 Å². The van der Waals surface area contributed by atoms with E-state index in [2.05, 4.69) is 11.9 Å². The van der Waals surface area contributed by atoms with Gasteiger partial charge in [-0.05, 0) is 12.5 Å². The van der Waals surface area contributed by atoms with Crippen molar-refractivity contribution in [2.75, 3.05) is 6.54 Å². The molecule has 0 aliphatic heterocycles. The lowest BCUT2D eigenvalue weighted by Crippen LogP contribution is -2.13. The Morgan fingerprint density at radius 2 is 2.33 bits per heavy atom. The molecule has 1 N–H and O–H groups in total. The number of nitrogens with one attached hydrogen (secondary N) is 1. The third-order valence-corrected chi connectivity index (χ3v) is 2.22. The van der Waals surface area contributed by atoms with Gasteiger partial charge in [-0.2, -0.15) is 0 Å². The first-order chi connectivity index (χ1) is 7.16. The van der Waals surface area contributed by atoms with E-state index in [4.69, 9.17) is 0 Å². The first kappa shape index (κ1) is 11.4.